The minimum absolute atomic E-state index is 0.251. The molecule has 1 saturated carbocycles. The lowest BCUT2D eigenvalue weighted by Crippen LogP contribution is -2.26. The predicted octanol–water partition coefficient (Wildman–Crippen LogP) is 2.78. The van der Waals surface area contributed by atoms with Gasteiger partial charge in [-0.15, -0.1) is 0 Å². The minimum Gasteiger partial charge on any atom is -0.508 e. The van der Waals surface area contributed by atoms with Crippen molar-refractivity contribution in [3.8, 4) is 5.75 Å². The Hall–Kier alpha value is -0.770. The van der Waals surface area contributed by atoms with E-state index in [-0.39, 0.29) is 6.61 Å². The summed E-state index contributed by atoms with van der Waals surface area (Å²) in [7, 11) is 0. The van der Waals surface area contributed by atoms with Gasteiger partial charge in [-0.25, -0.2) is 0 Å². The van der Waals surface area contributed by atoms with Crippen LogP contribution in [0.2, 0.25) is 5.02 Å². The van der Waals surface area contributed by atoms with Gasteiger partial charge in [-0.2, -0.15) is 0 Å². The summed E-state index contributed by atoms with van der Waals surface area (Å²) in [4.78, 5) is 2.38. The van der Waals surface area contributed by atoms with Crippen molar-refractivity contribution in [3.05, 3.63) is 28.8 Å². The molecular weight excluding hydrogens is 250 g/mol. The zero-order valence-electron chi connectivity index (χ0n) is 10.5. The van der Waals surface area contributed by atoms with Gasteiger partial charge in [0.1, 0.15) is 5.75 Å². The fourth-order valence-corrected chi connectivity index (χ4v) is 2.35. The molecular formula is C14H20ClNO2. The van der Waals surface area contributed by atoms with Crippen molar-refractivity contribution in [2.45, 2.75) is 38.3 Å². The van der Waals surface area contributed by atoms with Crippen LogP contribution in [-0.2, 0) is 6.54 Å². The van der Waals surface area contributed by atoms with Crippen molar-refractivity contribution in [1.29, 1.82) is 0 Å². The second-order valence-corrected chi connectivity index (χ2v) is 5.34. The quantitative estimate of drug-likeness (QED) is 0.748. The number of phenols is 1. The fraction of sp³-hybridized carbons (Fsp3) is 0.571. The summed E-state index contributed by atoms with van der Waals surface area (Å²) in [5.41, 5.74) is 0.887. The van der Waals surface area contributed by atoms with E-state index < -0.39 is 0 Å². The van der Waals surface area contributed by atoms with Crippen molar-refractivity contribution in [1.82, 2.24) is 4.90 Å². The third-order valence-electron chi connectivity index (χ3n) is 3.33. The van der Waals surface area contributed by atoms with E-state index in [1.165, 1.54) is 12.8 Å². The average molecular weight is 270 g/mol. The van der Waals surface area contributed by atoms with Crippen LogP contribution in [0.5, 0.6) is 5.75 Å². The van der Waals surface area contributed by atoms with E-state index in [1.807, 2.05) is 6.07 Å². The molecule has 2 N–H and O–H groups in total. The van der Waals surface area contributed by atoms with Crippen LogP contribution in [0.15, 0.2) is 18.2 Å². The number of benzene rings is 1. The first-order chi connectivity index (χ1) is 8.70. The summed E-state index contributed by atoms with van der Waals surface area (Å²) in [5, 5.41) is 19.3. The van der Waals surface area contributed by atoms with Crippen LogP contribution in [-0.4, -0.2) is 34.3 Å². The Bertz CT molecular complexity index is 393. The van der Waals surface area contributed by atoms with E-state index in [9.17, 15) is 5.11 Å². The fourth-order valence-electron chi connectivity index (χ4n) is 2.16. The topological polar surface area (TPSA) is 43.7 Å². The van der Waals surface area contributed by atoms with E-state index in [2.05, 4.69) is 4.90 Å². The highest BCUT2D eigenvalue weighted by molar-refractivity contribution is 6.30. The predicted molar refractivity (Wildman–Crippen MR) is 72.9 cm³/mol. The van der Waals surface area contributed by atoms with Gasteiger partial charge in [0.2, 0.25) is 0 Å². The lowest BCUT2D eigenvalue weighted by atomic mass is 10.1. The number of aliphatic hydroxyl groups excluding tert-OH is 1. The normalized spacial score (nSPS) is 15.3. The Morgan fingerprint density at radius 2 is 2.06 bits per heavy atom. The molecule has 2 rings (SSSR count). The standard InChI is InChI=1S/C14H20ClNO2/c15-12-3-6-14(18)11(9-12)10-16(13-4-5-13)7-1-2-8-17/h3,6,9,13,17-18H,1-2,4-5,7-8,10H2. The number of halogens is 1. The van der Waals surface area contributed by atoms with Crippen LogP contribution in [0.1, 0.15) is 31.2 Å². The van der Waals surface area contributed by atoms with Crippen LogP contribution < -0.4 is 0 Å². The summed E-state index contributed by atoms with van der Waals surface area (Å²) in [6, 6.07) is 5.82. The molecule has 0 atom stereocenters. The van der Waals surface area contributed by atoms with Gasteiger partial charge in [-0.3, -0.25) is 4.90 Å². The Morgan fingerprint density at radius 3 is 2.72 bits per heavy atom. The average Bonchev–Trinajstić information content (AvgIpc) is 3.17. The van der Waals surface area contributed by atoms with Crippen LogP contribution in [0.4, 0.5) is 0 Å². The van der Waals surface area contributed by atoms with Gasteiger partial charge in [0, 0.05) is 29.8 Å². The zero-order valence-corrected chi connectivity index (χ0v) is 11.2. The maximum atomic E-state index is 9.83. The molecule has 0 aromatic heterocycles. The molecule has 0 unspecified atom stereocenters. The first kappa shape index (κ1) is 13.7. The van der Waals surface area contributed by atoms with Gasteiger partial charge in [-0.1, -0.05) is 11.6 Å². The monoisotopic (exact) mass is 269 g/mol. The summed E-state index contributed by atoms with van der Waals surface area (Å²) < 4.78 is 0. The second-order valence-electron chi connectivity index (χ2n) is 4.91. The Balaban J connectivity index is 1.97. The Morgan fingerprint density at radius 1 is 1.28 bits per heavy atom. The number of hydrogen-bond donors (Lipinski definition) is 2. The summed E-state index contributed by atoms with van der Waals surface area (Å²) in [6.07, 6.45) is 4.31. The SMILES string of the molecule is OCCCCN(Cc1cc(Cl)ccc1O)C1CC1. The van der Waals surface area contributed by atoms with E-state index in [0.29, 0.717) is 16.8 Å². The molecule has 0 saturated heterocycles. The van der Waals surface area contributed by atoms with E-state index >= 15 is 0 Å². The molecule has 0 radical (unpaired) electrons. The largest absolute Gasteiger partial charge is 0.508 e. The molecule has 0 amide bonds. The van der Waals surface area contributed by atoms with Crippen molar-refractivity contribution < 1.29 is 10.2 Å². The molecule has 3 nitrogen and oxygen atoms in total. The van der Waals surface area contributed by atoms with Crippen molar-refractivity contribution >= 4 is 11.6 Å². The van der Waals surface area contributed by atoms with Crippen molar-refractivity contribution in [2.24, 2.45) is 0 Å². The molecule has 1 aromatic carbocycles. The molecule has 0 aliphatic heterocycles. The van der Waals surface area contributed by atoms with Gasteiger partial charge in [0.15, 0.2) is 0 Å². The maximum absolute atomic E-state index is 9.83. The van der Waals surface area contributed by atoms with Gasteiger partial charge < -0.3 is 10.2 Å². The molecule has 1 aliphatic carbocycles. The molecule has 100 valence electrons. The maximum Gasteiger partial charge on any atom is 0.120 e. The van der Waals surface area contributed by atoms with Gasteiger partial charge in [0.25, 0.3) is 0 Å². The molecule has 4 heteroatoms. The van der Waals surface area contributed by atoms with Crippen molar-refractivity contribution in [2.75, 3.05) is 13.2 Å². The van der Waals surface area contributed by atoms with Crippen LogP contribution in [0.25, 0.3) is 0 Å². The number of phenolic OH excluding ortho intramolecular Hbond substituents is 1. The summed E-state index contributed by atoms with van der Waals surface area (Å²) in [6.45, 7) is 1.96. The minimum atomic E-state index is 0.251. The lowest BCUT2D eigenvalue weighted by molar-refractivity contribution is 0.227. The molecule has 18 heavy (non-hydrogen) atoms. The van der Waals surface area contributed by atoms with Gasteiger partial charge in [0.05, 0.1) is 0 Å². The smallest absolute Gasteiger partial charge is 0.120 e. The highest BCUT2D eigenvalue weighted by Crippen LogP contribution is 2.31. The molecule has 1 fully saturated rings. The first-order valence-corrected chi connectivity index (χ1v) is 6.91. The van der Waals surface area contributed by atoms with E-state index in [0.717, 1.165) is 31.5 Å². The number of hydrogen-bond acceptors (Lipinski definition) is 3. The van der Waals surface area contributed by atoms with Crippen LogP contribution >= 0.6 is 11.6 Å². The van der Waals surface area contributed by atoms with Crippen LogP contribution in [0.3, 0.4) is 0 Å². The third kappa shape index (κ3) is 3.87. The Labute approximate surface area is 113 Å². The van der Waals surface area contributed by atoms with Gasteiger partial charge >= 0.3 is 0 Å². The lowest BCUT2D eigenvalue weighted by Gasteiger charge is -2.22. The first-order valence-electron chi connectivity index (χ1n) is 6.53. The molecule has 0 spiro atoms. The third-order valence-corrected chi connectivity index (χ3v) is 3.57. The molecule has 0 heterocycles. The molecule has 1 aliphatic rings. The highest BCUT2D eigenvalue weighted by Gasteiger charge is 2.28. The second kappa shape index (κ2) is 6.41. The highest BCUT2D eigenvalue weighted by atomic mass is 35.5. The summed E-state index contributed by atoms with van der Waals surface area (Å²) >= 11 is 5.96. The molecule has 0 bridgehead atoms. The molecule has 1 aromatic rings. The van der Waals surface area contributed by atoms with Crippen molar-refractivity contribution in [3.63, 3.8) is 0 Å². The van der Waals surface area contributed by atoms with E-state index in [1.54, 1.807) is 12.1 Å². The van der Waals surface area contributed by atoms with Crippen LogP contribution in [0, 0.1) is 0 Å². The number of rotatable bonds is 7. The van der Waals surface area contributed by atoms with Gasteiger partial charge in [-0.05, 0) is 50.4 Å². The number of aliphatic hydroxyl groups is 1. The summed E-state index contributed by atoms with van der Waals surface area (Å²) in [5.74, 6) is 0.312. The number of aromatic hydroxyl groups is 1. The number of nitrogens with zero attached hydrogens (tertiary/aromatic N) is 1. The number of unbranched alkanes of at least 4 members (excludes halogenated alkanes) is 1. The zero-order chi connectivity index (χ0) is 13.0. The van der Waals surface area contributed by atoms with E-state index in [4.69, 9.17) is 16.7 Å². The Kier molecular flexibility index (Phi) is 4.87.